The first-order valence-corrected chi connectivity index (χ1v) is 11.9. The number of esters is 1. The number of carbonyl (C=O) groups is 2. The van der Waals surface area contributed by atoms with Crippen LogP contribution < -0.4 is 19.8 Å². The van der Waals surface area contributed by atoms with Crippen molar-refractivity contribution in [3.05, 3.63) is 95.8 Å². The van der Waals surface area contributed by atoms with Crippen molar-refractivity contribution in [2.24, 2.45) is 4.99 Å². The van der Waals surface area contributed by atoms with Gasteiger partial charge in [-0.2, -0.15) is 0 Å². The van der Waals surface area contributed by atoms with Crippen molar-refractivity contribution in [2.75, 3.05) is 18.6 Å². The summed E-state index contributed by atoms with van der Waals surface area (Å²) in [7, 11) is 1.69. The van der Waals surface area contributed by atoms with Gasteiger partial charge in [0.25, 0.3) is 11.5 Å². The van der Waals surface area contributed by atoms with Crippen LogP contribution in [0.2, 0.25) is 0 Å². The summed E-state index contributed by atoms with van der Waals surface area (Å²) < 4.78 is 7.14. The summed E-state index contributed by atoms with van der Waals surface area (Å²) in [5.74, 6) is -0.787. The molecule has 0 N–H and O–H groups in total. The summed E-state index contributed by atoms with van der Waals surface area (Å²) in [4.78, 5) is 47.2. The van der Waals surface area contributed by atoms with E-state index >= 15 is 0 Å². The minimum Gasteiger partial charge on any atom is -0.458 e. The van der Waals surface area contributed by atoms with Gasteiger partial charge in [-0.3, -0.25) is 14.2 Å². The molecule has 2 aliphatic rings. The average molecular weight is 478 g/mol. The second-order valence-electron chi connectivity index (χ2n) is 7.56. The SMILES string of the molecule is C=CCOC(=O)C1=C(C)N=c2sc(=C3C(=O)N(C)c4ccccc43)c(=O)n2[C@@H]1c1cccs1. The van der Waals surface area contributed by atoms with Gasteiger partial charge in [-0.15, -0.1) is 11.3 Å². The summed E-state index contributed by atoms with van der Waals surface area (Å²) in [5.41, 5.74) is 2.26. The molecule has 4 heterocycles. The number of benzene rings is 1. The van der Waals surface area contributed by atoms with Crippen LogP contribution in [0.25, 0.3) is 5.57 Å². The number of fused-ring (bicyclic) bond motifs is 2. The number of aromatic nitrogens is 1. The van der Waals surface area contributed by atoms with Crippen molar-refractivity contribution < 1.29 is 14.3 Å². The number of nitrogens with zero attached hydrogens (tertiary/aromatic N) is 3. The zero-order valence-corrected chi connectivity index (χ0v) is 19.5. The van der Waals surface area contributed by atoms with Crippen LogP contribution in [-0.2, 0) is 14.3 Å². The standard InChI is InChI=1S/C24H19N3O4S2/c1-4-11-31-23(30)17-13(2)25-24-27(19(17)16-10-7-12-32-16)22(29)20(33-24)18-14-8-5-6-9-15(14)26(3)21(18)28/h4-10,12,19H,1,11H2,2-3H3/t19-/m1/s1. The lowest BCUT2D eigenvalue weighted by molar-refractivity contribution is -0.138. The van der Waals surface area contributed by atoms with Crippen molar-refractivity contribution >= 4 is 45.8 Å². The summed E-state index contributed by atoms with van der Waals surface area (Å²) in [6, 6.07) is 10.4. The molecule has 1 aromatic carbocycles. The van der Waals surface area contributed by atoms with E-state index in [0.717, 1.165) is 10.6 Å². The monoisotopic (exact) mass is 477 g/mol. The molecule has 3 aromatic rings. The average Bonchev–Trinajstić information content (AvgIpc) is 3.50. The lowest BCUT2D eigenvalue weighted by atomic mass is 10.0. The maximum absolute atomic E-state index is 13.8. The number of allylic oxidation sites excluding steroid dienone is 1. The number of anilines is 1. The summed E-state index contributed by atoms with van der Waals surface area (Å²) in [6.07, 6.45) is 1.49. The summed E-state index contributed by atoms with van der Waals surface area (Å²) >= 11 is 2.61. The zero-order valence-electron chi connectivity index (χ0n) is 17.9. The van der Waals surface area contributed by atoms with Gasteiger partial charge in [0, 0.05) is 17.5 Å². The van der Waals surface area contributed by atoms with Crippen LogP contribution >= 0.6 is 22.7 Å². The maximum Gasteiger partial charge on any atom is 0.338 e. The molecule has 33 heavy (non-hydrogen) atoms. The fourth-order valence-electron chi connectivity index (χ4n) is 4.15. The van der Waals surface area contributed by atoms with Crippen molar-refractivity contribution in [3.63, 3.8) is 0 Å². The fourth-order valence-corrected chi connectivity index (χ4v) is 6.11. The third-order valence-electron chi connectivity index (χ3n) is 5.64. The third kappa shape index (κ3) is 3.23. The third-order valence-corrected chi connectivity index (χ3v) is 7.62. The molecule has 7 nitrogen and oxygen atoms in total. The molecule has 2 aromatic heterocycles. The molecule has 5 rings (SSSR count). The van der Waals surface area contributed by atoms with E-state index < -0.39 is 12.0 Å². The molecular weight excluding hydrogens is 458 g/mol. The molecule has 1 amide bonds. The Hall–Kier alpha value is -3.56. The Bertz CT molecular complexity index is 1530. The first kappa shape index (κ1) is 21.3. The molecule has 0 bridgehead atoms. The van der Waals surface area contributed by atoms with Gasteiger partial charge in [0.2, 0.25) is 0 Å². The van der Waals surface area contributed by atoms with Crippen LogP contribution in [0.1, 0.15) is 23.4 Å². The number of ether oxygens (including phenoxy) is 1. The van der Waals surface area contributed by atoms with Crippen LogP contribution in [0, 0.1) is 0 Å². The number of rotatable bonds is 4. The van der Waals surface area contributed by atoms with Gasteiger partial charge in [0.05, 0.1) is 22.5 Å². The topological polar surface area (TPSA) is 81.0 Å². The molecule has 0 unspecified atom stereocenters. The zero-order chi connectivity index (χ0) is 23.3. The van der Waals surface area contributed by atoms with Gasteiger partial charge in [-0.25, -0.2) is 9.79 Å². The molecule has 166 valence electrons. The molecule has 0 radical (unpaired) electrons. The van der Waals surface area contributed by atoms with E-state index in [1.54, 1.807) is 18.9 Å². The highest BCUT2D eigenvalue weighted by Gasteiger charge is 2.36. The van der Waals surface area contributed by atoms with Gasteiger partial charge in [0.1, 0.15) is 17.2 Å². The smallest absolute Gasteiger partial charge is 0.338 e. The van der Waals surface area contributed by atoms with Crippen LogP contribution in [0.5, 0.6) is 0 Å². The molecule has 0 aliphatic carbocycles. The highest BCUT2D eigenvalue weighted by molar-refractivity contribution is 7.10. The molecule has 9 heteroatoms. The molecular formula is C24H19N3O4S2. The second kappa shape index (κ2) is 8.09. The van der Waals surface area contributed by atoms with Crippen molar-refractivity contribution in [1.29, 1.82) is 0 Å². The predicted octanol–water partition coefficient (Wildman–Crippen LogP) is 2.37. The molecule has 2 aliphatic heterocycles. The lowest BCUT2D eigenvalue weighted by Crippen LogP contribution is -2.40. The molecule has 0 spiro atoms. The van der Waals surface area contributed by atoms with Crippen molar-refractivity contribution in [3.8, 4) is 0 Å². The number of amides is 1. The van der Waals surface area contributed by atoms with Gasteiger partial charge in [-0.1, -0.05) is 48.3 Å². The minimum absolute atomic E-state index is 0.0545. The number of hydrogen-bond donors (Lipinski definition) is 0. The van der Waals surface area contributed by atoms with E-state index in [1.807, 2.05) is 41.8 Å². The number of carbonyl (C=O) groups excluding carboxylic acids is 2. The minimum atomic E-state index is -0.683. The van der Waals surface area contributed by atoms with Crippen LogP contribution in [0.15, 0.2) is 75.5 Å². The lowest BCUT2D eigenvalue weighted by Gasteiger charge is -2.23. The van der Waals surface area contributed by atoms with E-state index in [1.165, 1.54) is 33.3 Å². The second-order valence-corrected chi connectivity index (χ2v) is 9.52. The molecule has 0 saturated heterocycles. The molecule has 0 fully saturated rings. The Morgan fingerprint density at radius 3 is 2.76 bits per heavy atom. The summed E-state index contributed by atoms with van der Waals surface area (Å²) in [6.45, 7) is 5.37. The predicted molar refractivity (Wildman–Crippen MR) is 128 cm³/mol. The van der Waals surface area contributed by atoms with Gasteiger partial charge >= 0.3 is 5.97 Å². The molecule has 0 saturated carbocycles. The van der Waals surface area contributed by atoms with Crippen molar-refractivity contribution in [2.45, 2.75) is 13.0 Å². The normalized spacial score (nSPS) is 18.7. The van der Waals surface area contributed by atoms with E-state index in [0.29, 0.717) is 31.7 Å². The summed E-state index contributed by atoms with van der Waals surface area (Å²) in [5, 5.41) is 1.89. The van der Waals surface area contributed by atoms with E-state index in [-0.39, 0.29) is 18.1 Å². The fraction of sp³-hybridized carbons (Fsp3) is 0.167. The van der Waals surface area contributed by atoms with Gasteiger partial charge in [0.15, 0.2) is 4.80 Å². The van der Waals surface area contributed by atoms with E-state index in [4.69, 9.17) is 4.74 Å². The Kier molecular flexibility index (Phi) is 5.22. The number of thiazole rings is 1. The number of likely N-dealkylation sites (N-methyl/N-ethyl adjacent to an activating group) is 1. The molecule has 1 atom stereocenters. The van der Waals surface area contributed by atoms with Gasteiger partial charge in [-0.05, 0) is 24.4 Å². The highest BCUT2D eigenvalue weighted by Crippen LogP contribution is 2.35. The van der Waals surface area contributed by atoms with Crippen LogP contribution in [-0.4, -0.2) is 30.1 Å². The van der Waals surface area contributed by atoms with Crippen LogP contribution in [0.4, 0.5) is 5.69 Å². The van der Waals surface area contributed by atoms with Crippen molar-refractivity contribution in [1.82, 2.24) is 4.57 Å². The Labute approximate surface area is 196 Å². The Morgan fingerprint density at radius 1 is 1.24 bits per heavy atom. The Balaban J connectivity index is 1.80. The first-order chi connectivity index (χ1) is 15.9. The Morgan fingerprint density at radius 2 is 2.03 bits per heavy atom. The quantitative estimate of drug-likeness (QED) is 0.427. The number of para-hydroxylation sites is 1. The largest absolute Gasteiger partial charge is 0.458 e. The van der Waals surface area contributed by atoms with Gasteiger partial charge < -0.3 is 9.64 Å². The maximum atomic E-state index is 13.8. The highest BCUT2D eigenvalue weighted by atomic mass is 32.1. The van der Waals surface area contributed by atoms with Crippen LogP contribution in [0.3, 0.4) is 0 Å². The van der Waals surface area contributed by atoms with E-state index in [9.17, 15) is 14.4 Å². The first-order valence-electron chi connectivity index (χ1n) is 10.2. The number of thiophene rings is 1. The number of hydrogen-bond acceptors (Lipinski definition) is 7. The van der Waals surface area contributed by atoms with E-state index in [2.05, 4.69) is 11.6 Å².